The maximum absolute atomic E-state index is 13.3. The monoisotopic (exact) mass is 194 g/mol. The van der Waals surface area contributed by atoms with Gasteiger partial charge in [0.25, 0.3) is 0 Å². The molecular formula is C13H19F. The maximum Gasteiger partial charge on any atom is 0.126 e. The third-order valence-electron chi connectivity index (χ3n) is 2.70. The molecule has 14 heavy (non-hydrogen) atoms. The number of hydrogen-bond donors (Lipinski definition) is 0. The lowest BCUT2D eigenvalue weighted by molar-refractivity contribution is 0.404. The van der Waals surface area contributed by atoms with Crippen LogP contribution in [0.5, 0.6) is 0 Å². The van der Waals surface area contributed by atoms with Crippen LogP contribution in [0.4, 0.5) is 4.39 Å². The largest absolute Gasteiger partial charge is 0.207 e. The zero-order valence-corrected chi connectivity index (χ0v) is 9.31. The molecule has 0 saturated heterocycles. The van der Waals surface area contributed by atoms with E-state index in [-0.39, 0.29) is 5.82 Å². The van der Waals surface area contributed by atoms with E-state index in [1.807, 2.05) is 32.9 Å². The highest BCUT2D eigenvalue weighted by Crippen LogP contribution is 2.37. The summed E-state index contributed by atoms with van der Waals surface area (Å²) in [5.74, 6) is 0.491. The quantitative estimate of drug-likeness (QED) is 0.620. The van der Waals surface area contributed by atoms with Gasteiger partial charge < -0.3 is 0 Å². The molecule has 1 aliphatic carbocycles. The Bertz CT molecular complexity index is 287. The first-order chi connectivity index (χ1) is 6.77. The second kappa shape index (κ2) is 5.14. The van der Waals surface area contributed by atoms with Crippen molar-refractivity contribution in [3.63, 3.8) is 0 Å². The molecule has 0 spiro atoms. The Morgan fingerprint density at radius 2 is 1.86 bits per heavy atom. The van der Waals surface area contributed by atoms with Crippen molar-refractivity contribution in [2.75, 3.05) is 0 Å². The highest BCUT2D eigenvalue weighted by molar-refractivity contribution is 5.27. The molecule has 2 rings (SSSR count). The molecular weight excluding hydrogens is 175 g/mol. The van der Waals surface area contributed by atoms with Crippen molar-refractivity contribution < 1.29 is 4.39 Å². The Labute approximate surface area is 86.2 Å². The van der Waals surface area contributed by atoms with Gasteiger partial charge in [0, 0.05) is 0 Å². The lowest BCUT2D eigenvalue weighted by Gasteiger charge is -2.26. The number of aryl methyl sites for hydroxylation is 1. The molecule has 0 unspecified atom stereocenters. The van der Waals surface area contributed by atoms with E-state index in [0.717, 1.165) is 11.1 Å². The predicted molar refractivity (Wildman–Crippen MR) is 59.1 cm³/mol. The minimum absolute atomic E-state index is 0.0142. The van der Waals surface area contributed by atoms with Crippen molar-refractivity contribution in [3.8, 4) is 0 Å². The Morgan fingerprint density at radius 3 is 2.29 bits per heavy atom. The van der Waals surface area contributed by atoms with Crippen LogP contribution < -0.4 is 0 Å². The minimum Gasteiger partial charge on any atom is -0.207 e. The van der Waals surface area contributed by atoms with E-state index in [0.29, 0.717) is 5.92 Å². The van der Waals surface area contributed by atoms with Crippen molar-refractivity contribution in [1.82, 2.24) is 0 Å². The SMILES string of the molecule is CC.Cc1ccc(C2CCC2)c(F)c1. The van der Waals surface area contributed by atoms with Gasteiger partial charge in [-0.3, -0.25) is 0 Å². The molecule has 0 heterocycles. The summed E-state index contributed by atoms with van der Waals surface area (Å²) in [5, 5.41) is 0. The highest BCUT2D eigenvalue weighted by atomic mass is 19.1. The van der Waals surface area contributed by atoms with E-state index in [1.165, 1.54) is 19.3 Å². The fourth-order valence-corrected chi connectivity index (χ4v) is 1.68. The third kappa shape index (κ3) is 2.34. The van der Waals surface area contributed by atoms with Crippen LogP contribution in [0.3, 0.4) is 0 Å². The average molecular weight is 194 g/mol. The number of halogens is 1. The summed E-state index contributed by atoms with van der Waals surface area (Å²) >= 11 is 0. The lowest BCUT2D eigenvalue weighted by atomic mass is 9.80. The highest BCUT2D eigenvalue weighted by Gasteiger charge is 2.21. The summed E-state index contributed by atoms with van der Waals surface area (Å²) in [6.07, 6.45) is 3.60. The first-order valence-corrected chi connectivity index (χ1v) is 5.53. The normalized spacial score (nSPS) is 15.4. The van der Waals surface area contributed by atoms with E-state index in [4.69, 9.17) is 0 Å². The van der Waals surface area contributed by atoms with Crippen LogP contribution in [0.1, 0.15) is 50.2 Å². The van der Waals surface area contributed by atoms with Gasteiger partial charge in [0.2, 0.25) is 0 Å². The molecule has 1 fully saturated rings. The summed E-state index contributed by atoms with van der Waals surface area (Å²) in [7, 11) is 0. The molecule has 1 saturated carbocycles. The molecule has 1 aliphatic rings. The number of benzene rings is 1. The Balaban J connectivity index is 0.000000461. The van der Waals surface area contributed by atoms with E-state index >= 15 is 0 Å². The molecule has 0 amide bonds. The fraction of sp³-hybridized carbons (Fsp3) is 0.538. The van der Waals surface area contributed by atoms with E-state index < -0.39 is 0 Å². The van der Waals surface area contributed by atoms with Gasteiger partial charge in [-0.15, -0.1) is 0 Å². The first-order valence-electron chi connectivity index (χ1n) is 5.53. The Morgan fingerprint density at radius 1 is 1.21 bits per heavy atom. The predicted octanol–water partition coefficient (Wildman–Crippen LogP) is 4.43. The van der Waals surface area contributed by atoms with Crippen LogP contribution in [0.25, 0.3) is 0 Å². The average Bonchev–Trinajstić information content (AvgIpc) is 2.10. The summed E-state index contributed by atoms with van der Waals surface area (Å²) in [6, 6.07) is 5.57. The van der Waals surface area contributed by atoms with Crippen LogP contribution in [0, 0.1) is 12.7 Å². The number of rotatable bonds is 1. The Hall–Kier alpha value is -0.850. The van der Waals surface area contributed by atoms with E-state index in [9.17, 15) is 4.39 Å². The van der Waals surface area contributed by atoms with Gasteiger partial charge in [-0.1, -0.05) is 32.4 Å². The number of hydrogen-bond acceptors (Lipinski definition) is 0. The van der Waals surface area contributed by atoms with Crippen LogP contribution in [0.2, 0.25) is 0 Å². The van der Waals surface area contributed by atoms with Crippen LogP contribution in [-0.4, -0.2) is 0 Å². The molecule has 78 valence electrons. The third-order valence-corrected chi connectivity index (χ3v) is 2.70. The zero-order valence-electron chi connectivity index (χ0n) is 9.31. The molecule has 1 aromatic rings. The molecule has 0 radical (unpaired) electrons. The summed E-state index contributed by atoms with van der Waals surface area (Å²) in [4.78, 5) is 0. The molecule has 0 bridgehead atoms. The van der Waals surface area contributed by atoms with Crippen molar-refractivity contribution in [1.29, 1.82) is 0 Å². The molecule has 1 aromatic carbocycles. The Kier molecular flexibility index (Phi) is 4.12. The van der Waals surface area contributed by atoms with Crippen LogP contribution in [-0.2, 0) is 0 Å². The molecule has 0 aromatic heterocycles. The van der Waals surface area contributed by atoms with Gasteiger partial charge in [0.05, 0.1) is 0 Å². The zero-order chi connectivity index (χ0) is 10.6. The summed E-state index contributed by atoms with van der Waals surface area (Å²) < 4.78 is 13.3. The standard InChI is InChI=1S/C11H13F.C2H6/c1-8-5-6-10(11(12)7-8)9-3-2-4-9;1-2/h5-7,9H,2-4H2,1H3;1-2H3. The molecule has 0 N–H and O–H groups in total. The lowest BCUT2D eigenvalue weighted by Crippen LogP contribution is -2.10. The van der Waals surface area contributed by atoms with Crippen LogP contribution in [0.15, 0.2) is 18.2 Å². The van der Waals surface area contributed by atoms with Crippen molar-refractivity contribution >= 4 is 0 Å². The smallest absolute Gasteiger partial charge is 0.126 e. The van der Waals surface area contributed by atoms with Gasteiger partial charge in [-0.2, -0.15) is 0 Å². The van der Waals surface area contributed by atoms with Crippen molar-refractivity contribution in [2.45, 2.75) is 46.0 Å². The molecule has 0 aliphatic heterocycles. The van der Waals surface area contributed by atoms with Crippen LogP contribution >= 0.6 is 0 Å². The topological polar surface area (TPSA) is 0 Å². The van der Waals surface area contributed by atoms with Crippen molar-refractivity contribution in [3.05, 3.63) is 35.1 Å². The van der Waals surface area contributed by atoms with E-state index in [1.54, 1.807) is 6.07 Å². The van der Waals surface area contributed by atoms with Gasteiger partial charge >= 0.3 is 0 Å². The maximum atomic E-state index is 13.3. The van der Waals surface area contributed by atoms with Crippen molar-refractivity contribution in [2.24, 2.45) is 0 Å². The fourth-order valence-electron chi connectivity index (χ4n) is 1.68. The van der Waals surface area contributed by atoms with Gasteiger partial charge in [0.15, 0.2) is 0 Å². The molecule has 0 nitrogen and oxygen atoms in total. The second-order valence-corrected chi connectivity index (χ2v) is 3.65. The second-order valence-electron chi connectivity index (χ2n) is 3.65. The molecule has 1 heteroatoms. The first kappa shape index (κ1) is 11.2. The summed E-state index contributed by atoms with van der Waals surface area (Å²) in [5.41, 5.74) is 1.93. The van der Waals surface area contributed by atoms with Gasteiger partial charge in [0.1, 0.15) is 5.82 Å². The summed E-state index contributed by atoms with van der Waals surface area (Å²) in [6.45, 7) is 5.92. The van der Waals surface area contributed by atoms with Gasteiger partial charge in [-0.05, 0) is 42.9 Å². The minimum atomic E-state index is -0.0142. The molecule has 0 atom stereocenters. The van der Waals surface area contributed by atoms with E-state index in [2.05, 4.69) is 0 Å². The van der Waals surface area contributed by atoms with Gasteiger partial charge in [-0.25, -0.2) is 4.39 Å².